The number of aryl methyl sites for hydroxylation is 2. The minimum Gasteiger partial charge on any atom is -0.454 e. The Morgan fingerprint density at radius 3 is 3.08 bits per heavy atom. The molecule has 0 bridgehead atoms. The van der Waals surface area contributed by atoms with Crippen molar-refractivity contribution in [2.45, 2.75) is 26.1 Å². The van der Waals surface area contributed by atoms with Gasteiger partial charge in [0.15, 0.2) is 17.3 Å². The van der Waals surface area contributed by atoms with Crippen LogP contribution in [0.15, 0.2) is 36.7 Å². The van der Waals surface area contributed by atoms with Crippen molar-refractivity contribution in [1.82, 2.24) is 24.6 Å². The van der Waals surface area contributed by atoms with Gasteiger partial charge >= 0.3 is 0 Å². The third kappa shape index (κ3) is 2.66. The second-order valence-electron chi connectivity index (χ2n) is 6.30. The van der Waals surface area contributed by atoms with Crippen LogP contribution in [0.4, 0.5) is 0 Å². The SMILES string of the molecule is c1cn(CCc2ccc3c(c2)OCO3)c(-c2cc3n(n2)CCNC3)n1. The number of hydrogen-bond acceptors (Lipinski definition) is 5. The van der Waals surface area contributed by atoms with E-state index >= 15 is 0 Å². The van der Waals surface area contributed by atoms with Crippen molar-refractivity contribution < 1.29 is 9.47 Å². The number of rotatable bonds is 4. The summed E-state index contributed by atoms with van der Waals surface area (Å²) in [5.41, 5.74) is 3.37. The topological polar surface area (TPSA) is 66.1 Å². The van der Waals surface area contributed by atoms with Crippen molar-refractivity contribution >= 4 is 0 Å². The monoisotopic (exact) mass is 337 g/mol. The molecule has 0 atom stereocenters. The maximum Gasteiger partial charge on any atom is 0.231 e. The summed E-state index contributed by atoms with van der Waals surface area (Å²) in [5, 5.41) is 8.08. The number of aromatic nitrogens is 4. The summed E-state index contributed by atoms with van der Waals surface area (Å²) in [6.45, 7) is 3.89. The molecule has 0 radical (unpaired) electrons. The number of fused-ring (bicyclic) bond motifs is 2. The van der Waals surface area contributed by atoms with Crippen molar-refractivity contribution in [2.75, 3.05) is 13.3 Å². The fourth-order valence-corrected chi connectivity index (χ4v) is 3.37. The van der Waals surface area contributed by atoms with Crippen molar-refractivity contribution in [3.05, 3.63) is 47.9 Å². The molecule has 0 unspecified atom stereocenters. The Morgan fingerprint density at radius 2 is 2.12 bits per heavy atom. The van der Waals surface area contributed by atoms with Gasteiger partial charge in [-0.1, -0.05) is 6.07 Å². The Bertz CT molecular complexity index is 891. The molecule has 5 rings (SSSR count). The van der Waals surface area contributed by atoms with Crippen LogP contribution in [0.5, 0.6) is 11.5 Å². The summed E-state index contributed by atoms with van der Waals surface area (Å²) in [5.74, 6) is 2.57. The van der Waals surface area contributed by atoms with Gasteiger partial charge in [0, 0.05) is 32.0 Å². The van der Waals surface area contributed by atoms with Crippen molar-refractivity contribution in [3.8, 4) is 23.0 Å². The third-order valence-corrected chi connectivity index (χ3v) is 4.69. The van der Waals surface area contributed by atoms with Gasteiger partial charge in [0.1, 0.15) is 5.69 Å². The van der Waals surface area contributed by atoms with Crippen LogP contribution in [-0.2, 0) is 26.1 Å². The summed E-state index contributed by atoms with van der Waals surface area (Å²) < 4.78 is 15.1. The van der Waals surface area contributed by atoms with E-state index in [4.69, 9.17) is 14.6 Å². The highest BCUT2D eigenvalue weighted by Crippen LogP contribution is 2.32. The molecule has 2 aromatic heterocycles. The lowest BCUT2D eigenvalue weighted by Crippen LogP contribution is -2.28. The van der Waals surface area contributed by atoms with Gasteiger partial charge in [0.2, 0.25) is 6.79 Å². The highest BCUT2D eigenvalue weighted by atomic mass is 16.7. The van der Waals surface area contributed by atoms with E-state index in [1.165, 1.54) is 11.3 Å². The highest BCUT2D eigenvalue weighted by Gasteiger charge is 2.17. The molecule has 0 amide bonds. The van der Waals surface area contributed by atoms with Crippen LogP contribution in [-0.4, -0.2) is 32.7 Å². The normalized spacial score (nSPS) is 15.4. The zero-order valence-electron chi connectivity index (χ0n) is 13.8. The predicted octanol–water partition coefficient (Wildman–Crippen LogP) is 1.82. The molecule has 25 heavy (non-hydrogen) atoms. The summed E-state index contributed by atoms with van der Waals surface area (Å²) in [4.78, 5) is 4.52. The van der Waals surface area contributed by atoms with E-state index in [-0.39, 0.29) is 0 Å². The van der Waals surface area contributed by atoms with E-state index < -0.39 is 0 Å². The minimum absolute atomic E-state index is 0.310. The number of imidazole rings is 1. The van der Waals surface area contributed by atoms with Crippen LogP contribution in [0.3, 0.4) is 0 Å². The molecule has 7 nitrogen and oxygen atoms in total. The maximum atomic E-state index is 5.46. The van der Waals surface area contributed by atoms with E-state index in [9.17, 15) is 0 Å². The van der Waals surface area contributed by atoms with Crippen molar-refractivity contribution in [1.29, 1.82) is 0 Å². The lowest BCUT2D eigenvalue weighted by atomic mass is 10.1. The molecule has 1 N–H and O–H groups in total. The highest BCUT2D eigenvalue weighted by molar-refractivity contribution is 5.50. The van der Waals surface area contributed by atoms with Crippen LogP contribution < -0.4 is 14.8 Å². The van der Waals surface area contributed by atoms with Gasteiger partial charge in [-0.15, -0.1) is 0 Å². The molecule has 128 valence electrons. The molecular formula is C18H19N5O2. The first-order valence-corrected chi connectivity index (χ1v) is 8.54. The molecule has 2 aliphatic heterocycles. The number of ether oxygens (including phenoxy) is 2. The van der Waals surface area contributed by atoms with Crippen molar-refractivity contribution in [3.63, 3.8) is 0 Å². The quantitative estimate of drug-likeness (QED) is 0.787. The number of hydrogen-bond donors (Lipinski definition) is 1. The Hall–Kier alpha value is -2.80. The van der Waals surface area contributed by atoms with E-state index in [0.29, 0.717) is 6.79 Å². The van der Waals surface area contributed by atoms with Crippen LogP contribution in [0, 0.1) is 0 Å². The predicted molar refractivity (Wildman–Crippen MR) is 91.4 cm³/mol. The molecule has 0 spiro atoms. The molecular weight excluding hydrogens is 318 g/mol. The van der Waals surface area contributed by atoms with Gasteiger partial charge in [-0.3, -0.25) is 4.68 Å². The summed E-state index contributed by atoms with van der Waals surface area (Å²) in [7, 11) is 0. The zero-order chi connectivity index (χ0) is 16.6. The fourth-order valence-electron chi connectivity index (χ4n) is 3.37. The van der Waals surface area contributed by atoms with E-state index in [2.05, 4.69) is 37.7 Å². The standard InChI is InChI=1S/C18H19N5O2/c1-2-16-17(25-12-24-16)9-13(1)3-6-22-7-5-20-18(22)15-10-14-11-19-4-8-23(14)21-15/h1-2,5,7,9-10,19H,3-4,6,8,11-12H2. The minimum atomic E-state index is 0.310. The molecule has 0 fully saturated rings. The molecule has 0 aliphatic carbocycles. The van der Waals surface area contributed by atoms with E-state index in [1.54, 1.807) is 0 Å². The van der Waals surface area contributed by atoms with E-state index in [0.717, 1.165) is 55.6 Å². The van der Waals surface area contributed by atoms with E-state index in [1.807, 2.05) is 18.5 Å². The zero-order valence-corrected chi connectivity index (χ0v) is 13.8. The number of nitrogens with one attached hydrogen (secondary N) is 1. The summed E-state index contributed by atoms with van der Waals surface area (Å²) in [6, 6.07) is 8.25. The molecule has 3 aromatic rings. The lowest BCUT2D eigenvalue weighted by molar-refractivity contribution is 0.174. The third-order valence-electron chi connectivity index (χ3n) is 4.69. The molecule has 0 saturated heterocycles. The first kappa shape index (κ1) is 14.5. The average molecular weight is 337 g/mol. The van der Waals surface area contributed by atoms with Gasteiger partial charge in [0.25, 0.3) is 0 Å². The summed E-state index contributed by atoms with van der Waals surface area (Å²) in [6.07, 6.45) is 4.75. The van der Waals surface area contributed by atoms with Gasteiger partial charge in [-0.2, -0.15) is 5.10 Å². The fraction of sp³-hybridized carbons (Fsp3) is 0.333. The molecule has 4 heterocycles. The smallest absolute Gasteiger partial charge is 0.231 e. The van der Waals surface area contributed by atoms with Gasteiger partial charge < -0.3 is 19.4 Å². The Balaban J connectivity index is 1.35. The number of nitrogens with zero attached hydrogens (tertiary/aromatic N) is 4. The van der Waals surface area contributed by atoms with Gasteiger partial charge in [-0.25, -0.2) is 4.98 Å². The van der Waals surface area contributed by atoms with Crippen molar-refractivity contribution in [2.24, 2.45) is 0 Å². The Labute approximate surface area is 145 Å². The molecule has 1 aromatic carbocycles. The lowest BCUT2D eigenvalue weighted by Gasteiger charge is -2.13. The van der Waals surface area contributed by atoms with Gasteiger partial charge in [-0.05, 0) is 30.2 Å². The maximum absolute atomic E-state index is 5.46. The second-order valence-corrected chi connectivity index (χ2v) is 6.30. The molecule has 0 saturated carbocycles. The largest absolute Gasteiger partial charge is 0.454 e. The first-order chi connectivity index (χ1) is 12.4. The Kier molecular flexibility index (Phi) is 3.45. The van der Waals surface area contributed by atoms with Gasteiger partial charge in [0.05, 0.1) is 12.2 Å². The van der Waals surface area contributed by atoms with Crippen LogP contribution in [0.1, 0.15) is 11.3 Å². The second kappa shape index (κ2) is 5.93. The first-order valence-electron chi connectivity index (χ1n) is 8.54. The molecule has 7 heteroatoms. The van der Waals surface area contributed by atoms with Crippen LogP contribution >= 0.6 is 0 Å². The van der Waals surface area contributed by atoms with Crippen LogP contribution in [0.2, 0.25) is 0 Å². The average Bonchev–Trinajstić information content (AvgIpc) is 3.36. The summed E-state index contributed by atoms with van der Waals surface area (Å²) >= 11 is 0. The molecule has 2 aliphatic rings. The Morgan fingerprint density at radius 1 is 1.16 bits per heavy atom. The number of benzene rings is 1. The van der Waals surface area contributed by atoms with Crippen LogP contribution in [0.25, 0.3) is 11.5 Å².